The number of aromatic nitrogens is 1. The van der Waals surface area contributed by atoms with E-state index < -0.39 is 0 Å². The Balaban J connectivity index is 1.87. The van der Waals surface area contributed by atoms with E-state index in [9.17, 15) is 10.4 Å². The van der Waals surface area contributed by atoms with Crippen molar-refractivity contribution in [3.8, 4) is 6.07 Å². The summed E-state index contributed by atoms with van der Waals surface area (Å²) in [7, 11) is 0. The van der Waals surface area contributed by atoms with Gasteiger partial charge in [-0.1, -0.05) is 6.07 Å². The highest BCUT2D eigenvalue weighted by molar-refractivity contribution is 5.65. The monoisotopic (exact) mass is 255 g/mol. The molecule has 2 aromatic rings. The molecule has 4 heteroatoms. The molecule has 0 aliphatic carbocycles. The number of fused-ring (bicyclic) bond motifs is 1. The Hall–Kier alpha value is -1.83. The number of aliphatic hydroxyl groups is 1. The summed E-state index contributed by atoms with van der Waals surface area (Å²) in [4.78, 5) is 2.31. The molecule has 0 atom stereocenters. The molecular formula is C15H17N3O. The van der Waals surface area contributed by atoms with Crippen LogP contribution in [0.3, 0.4) is 0 Å². The Morgan fingerprint density at radius 2 is 2.11 bits per heavy atom. The first-order valence-electron chi connectivity index (χ1n) is 6.67. The molecule has 3 rings (SSSR count). The summed E-state index contributed by atoms with van der Waals surface area (Å²) in [6.45, 7) is 2.59. The lowest BCUT2D eigenvalue weighted by molar-refractivity contribution is 0.0792. The molecule has 19 heavy (non-hydrogen) atoms. The molecule has 0 spiro atoms. The van der Waals surface area contributed by atoms with Crippen LogP contribution in [0.5, 0.6) is 0 Å². The van der Waals surface area contributed by atoms with Crippen LogP contribution >= 0.6 is 0 Å². The lowest BCUT2D eigenvalue weighted by Gasteiger charge is -2.29. The van der Waals surface area contributed by atoms with Crippen molar-refractivity contribution in [3.63, 3.8) is 0 Å². The van der Waals surface area contributed by atoms with Gasteiger partial charge in [0, 0.05) is 37.6 Å². The van der Waals surface area contributed by atoms with E-state index in [2.05, 4.69) is 11.0 Å². The number of nitriles is 1. The van der Waals surface area contributed by atoms with Crippen molar-refractivity contribution in [2.75, 3.05) is 13.1 Å². The fraction of sp³-hybridized carbons (Fsp3) is 0.400. The van der Waals surface area contributed by atoms with Gasteiger partial charge in [-0.2, -0.15) is 5.26 Å². The minimum absolute atomic E-state index is 0.153. The van der Waals surface area contributed by atoms with Gasteiger partial charge in [0.15, 0.2) is 0 Å². The molecule has 0 aromatic carbocycles. The van der Waals surface area contributed by atoms with Gasteiger partial charge in [-0.15, -0.1) is 0 Å². The molecule has 0 radical (unpaired) electrons. The molecular weight excluding hydrogens is 238 g/mol. The molecule has 4 nitrogen and oxygen atoms in total. The summed E-state index contributed by atoms with van der Waals surface area (Å²) < 4.78 is 2.01. The summed E-state index contributed by atoms with van der Waals surface area (Å²) in [5.74, 6) is 0. The zero-order valence-corrected chi connectivity index (χ0v) is 10.8. The van der Waals surface area contributed by atoms with Gasteiger partial charge in [0.25, 0.3) is 0 Å². The van der Waals surface area contributed by atoms with Crippen LogP contribution in [0.15, 0.2) is 30.6 Å². The predicted octanol–water partition coefficient (Wildman–Crippen LogP) is 1.77. The van der Waals surface area contributed by atoms with E-state index in [1.807, 2.05) is 35.0 Å². The molecule has 1 aliphatic rings. The SMILES string of the molecule is N#Cc1c(CN2CCC(O)CC2)cn2ccccc12. The highest BCUT2D eigenvalue weighted by Crippen LogP contribution is 2.21. The third-order valence-electron chi connectivity index (χ3n) is 3.83. The van der Waals surface area contributed by atoms with Crippen LogP contribution < -0.4 is 0 Å². The molecule has 98 valence electrons. The van der Waals surface area contributed by atoms with Crippen LogP contribution in [0.4, 0.5) is 0 Å². The standard InChI is InChI=1S/C15H17N3O/c16-9-14-12(10-17-7-4-13(19)5-8-17)11-18-6-2-1-3-15(14)18/h1-3,6,11,13,19H,4-5,7-8,10H2. The van der Waals surface area contributed by atoms with Gasteiger partial charge in [0.2, 0.25) is 0 Å². The molecule has 1 fully saturated rings. The van der Waals surface area contributed by atoms with Crippen molar-refractivity contribution in [1.82, 2.24) is 9.30 Å². The van der Waals surface area contributed by atoms with Crippen molar-refractivity contribution < 1.29 is 5.11 Å². The molecule has 1 aliphatic heterocycles. The number of nitrogens with zero attached hydrogens (tertiary/aromatic N) is 3. The largest absolute Gasteiger partial charge is 0.393 e. The lowest BCUT2D eigenvalue weighted by Crippen LogP contribution is -2.35. The van der Waals surface area contributed by atoms with E-state index in [-0.39, 0.29) is 6.10 Å². The van der Waals surface area contributed by atoms with E-state index in [0.717, 1.165) is 49.1 Å². The summed E-state index contributed by atoms with van der Waals surface area (Å²) >= 11 is 0. The summed E-state index contributed by atoms with van der Waals surface area (Å²) in [5, 5.41) is 18.9. The Bertz CT molecular complexity index is 618. The van der Waals surface area contributed by atoms with Gasteiger partial charge < -0.3 is 9.51 Å². The number of aliphatic hydroxyl groups excluding tert-OH is 1. The molecule has 0 bridgehead atoms. The van der Waals surface area contributed by atoms with E-state index in [4.69, 9.17) is 0 Å². The van der Waals surface area contributed by atoms with Gasteiger partial charge in [0.05, 0.1) is 17.2 Å². The molecule has 0 unspecified atom stereocenters. The molecule has 1 N–H and O–H groups in total. The second kappa shape index (κ2) is 5.04. The maximum atomic E-state index is 9.53. The maximum absolute atomic E-state index is 9.53. The van der Waals surface area contributed by atoms with Crippen LogP contribution in [0.25, 0.3) is 5.52 Å². The lowest BCUT2D eigenvalue weighted by atomic mass is 10.1. The highest BCUT2D eigenvalue weighted by atomic mass is 16.3. The van der Waals surface area contributed by atoms with Gasteiger partial charge >= 0.3 is 0 Å². The second-order valence-electron chi connectivity index (χ2n) is 5.14. The molecule has 2 aromatic heterocycles. The summed E-state index contributed by atoms with van der Waals surface area (Å²) in [6.07, 6.45) is 5.52. The highest BCUT2D eigenvalue weighted by Gasteiger charge is 2.19. The third-order valence-corrected chi connectivity index (χ3v) is 3.83. The molecule has 3 heterocycles. The Morgan fingerprint density at radius 3 is 2.84 bits per heavy atom. The normalized spacial score (nSPS) is 17.7. The quantitative estimate of drug-likeness (QED) is 0.889. The van der Waals surface area contributed by atoms with Crippen molar-refractivity contribution in [1.29, 1.82) is 5.26 Å². The first-order chi connectivity index (χ1) is 9.28. The number of hydrogen-bond acceptors (Lipinski definition) is 3. The van der Waals surface area contributed by atoms with Crippen molar-refractivity contribution in [3.05, 3.63) is 41.7 Å². The fourth-order valence-electron chi connectivity index (χ4n) is 2.74. The van der Waals surface area contributed by atoms with Gasteiger partial charge in [-0.25, -0.2) is 0 Å². The first-order valence-corrected chi connectivity index (χ1v) is 6.67. The van der Waals surface area contributed by atoms with Crippen LogP contribution in [-0.2, 0) is 6.54 Å². The molecule has 0 amide bonds. The molecule has 0 saturated carbocycles. The second-order valence-corrected chi connectivity index (χ2v) is 5.14. The van der Waals surface area contributed by atoms with Gasteiger partial charge in [0.1, 0.15) is 6.07 Å². The van der Waals surface area contributed by atoms with E-state index >= 15 is 0 Å². The average molecular weight is 255 g/mol. The number of piperidine rings is 1. The summed E-state index contributed by atoms with van der Waals surface area (Å²) in [5.41, 5.74) is 2.81. The van der Waals surface area contributed by atoms with Crippen LogP contribution in [0.1, 0.15) is 24.0 Å². The maximum Gasteiger partial charge on any atom is 0.102 e. The Kier molecular flexibility index (Phi) is 3.24. The van der Waals surface area contributed by atoms with Crippen molar-refractivity contribution in [2.45, 2.75) is 25.5 Å². The van der Waals surface area contributed by atoms with Crippen LogP contribution in [0.2, 0.25) is 0 Å². The van der Waals surface area contributed by atoms with E-state index in [0.29, 0.717) is 0 Å². The predicted molar refractivity (Wildman–Crippen MR) is 72.6 cm³/mol. The zero-order valence-electron chi connectivity index (χ0n) is 10.8. The topological polar surface area (TPSA) is 51.7 Å². The minimum Gasteiger partial charge on any atom is -0.393 e. The number of hydrogen-bond donors (Lipinski definition) is 1. The van der Waals surface area contributed by atoms with Crippen LogP contribution in [-0.4, -0.2) is 33.6 Å². The van der Waals surface area contributed by atoms with Crippen molar-refractivity contribution in [2.24, 2.45) is 0 Å². The number of likely N-dealkylation sites (tertiary alicyclic amines) is 1. The fourth-order valence-corrected chi connectivity index (χ4v) is 2.74. The van der Waals surface area contributed by atoms with E-state index in [1.165, 1.54) is 0 Å². The van der Waals surface area contributed by atoms with Gasteiger partial charge in [-0.05, 0) is 25.0 Å². The smallest absolute Gasteiger partial charge is 0.102 e. The first kappa shape index (κ1) is 12.2. The Labute approximate surface area is 112 Å². The number of rotatable bonds is 2. The van der Waals surface area contributed by atoms with Crippen LogP contribution in [0, 0.1) is 11.3 Å². The third kappa shape index (κ3) is 2.35. The van der Waals surface area contributed by atoms with E-state index in [1.54, 1.807) is 0 Å². The minimum atomic E-state index is -0.153. The number of pyridine rings is 1. The zero-order chi connectivity index (χ0) is 13.2. The summed E-state index contributed by atoms with van der Waals surface area (Å²) in [6, 6.07) is 8.22. The Morgan fingerprint density at radius 1 is 1.32 bits per heavy atom. The van der Waals surface area contributed by atoms with Crippen molar-refractivity contribution >= 4 is 5.52 Å². The molecule has 1 saturated heterocycles. The van der Waals surface area contributed by atoms with Gasteiger partial charge in [-0.3, -0.25) is 4.90 Å². The average Bonchev–Trinajstić information content (AvgIpc) is 2.78.